The maximum atomic E-state index is 13.3. The van der Waals surface area contributed by atoms with Gasteiger partial charge in [-0.25, -0.2) is 9.88 Å². The van der Waals surface area contributed by atoms with Crippen LogP contribution in [0.25, 0.3) is 10.2 Å². The number of carbonyl (C=O) groups excluding carboxylic acids is 3. The Labute approximate surface area is 258 Å². The number of hydrogen-bond acceptors (Lipinski definition) is 6. The van der Waals surface area contributed by atoms with E-state index in [2.05, 4.69) is 74.0 Å². The number of anilines is 2. The lowest BCUT2D eigenvalue weighted by Crippen LogP contribution is -2.29. The van der Waals surface area contributed by atoms with Gasteiger partial charge in [-0.1, -0.05) is 29.4 Å². The number of carbonyl (C=O) groups is 3. The lowest BCUT2D eigenvalue weighted by atomic mass is 10.1. The molecule has 0 radical (unpaired) electrons. The lowest BCUT2D eigenvalue weighted by Gasteiger charge is -2.13. The number of thioether (sulfide) groups is 1. The summed E-state index contributed by atoms with van der Waals surface area (Å²) in [6.45, 7) is 1.90. The van der Waals surface area contributed by atoms with Crippen molar-refractivity contribution in [2.24, 2.45) is 0 Å². The summed E-state index contributed by atoms with van der Waals surface area (Å²) in [5.74, 6) is -0.850. The number of hydrogen-bond donors (Lipinski definition) is 1. The van der Waals surface area contributed by atoms with Crippen LogP contribution in [0.4, 0.5) is 11.4 Å². The molecule has 0 saturated carbocycles. The van der Waals surface area contributed by atoms with E-state index in [0.717, 1.165) is 15.2 Å². The highest BCUT2D eigenvalue weighted by Gasteiger charge is 2.42. The van der Waals surface area contributed by atoms with E-state index in [1.54, 1.807) is 30.3 Å². The number of nitrogens with zero attached hydrogens (tertiary/aromatic N) is 2. The molecule has 4 aromatic rings. The molecule has 188 valence electrons. The number of aryl methyl sites for hydroxylation is 1. The van der Waals surface area contributed by atoms with Gasteiger partial charge in [-0.15, -0.1) is 11.3 Å². The summed E-state index contributed by atoms with van der Waals surface area (Å²) in [6, 6.07) is 10.6. The van der Waals surface area contributed by atoms with Crippen molar-refractivity contribution in [2.45, 2.75) is 11.3 Å². The summed E-state index contributed by atoms with van der Waals surface area (Å²) in [5.41, 5.74) is 3.32. The second-order valence-electron chi connectivity index (χ2n) is 7.88. The summed E-state index contributed by atoms with van der Waals surface area (Å²) in [4.78, 5) is 44.8. The predicted molar refractivity (Wildman–Crippen MR) is 164 cm³/mol. The van der Waals surface area contributed by atoms with Crippen molar-refractivity contribution in [3.05, 3.63) is 76.0 Å². The summed E-state index contributed by atoms with van der Waals surface area (Å²) in [7, 11) is 0. The minimum absolute atomic E-state index is 0.169. The van der Waals surface area contributed by atoms with E-state index in [0.29, 0.717) is 44.1 Å². The van der Waals surface area contributed by atoms with Gasteiger partial charge in [0.05, 0.1) is 32.8 Å². The largest absolute Gasteiger partial charge is 0.325 e. The highest BCUT2D eigenvalue weighted by atomic mass is 79.9. The molecule has 13 heteroatoms. The van der Waals surface area contributed by atoms with Crippen LogP contribution in [0.5, 0.6) is 0 Å². The third-order valence-electron chi connectivity index (χ3n) is 5.51. The highest BCUT2D eigenvalue weighted by molar-refractivity contribution is 9.15. The van der Waals surface area contributed by atoms with Gasteiger partial charge >= 0.3 is 0 Å². The van der Waals surface area contributed by atoms with E-state index in [1.807, 2.05) is 13.0 Å². The zero-order valence-electron chi connectivity index (χ0n) is 18.5. The van der Waals surface area contributed by atoms with Crippen LogP contribution in [-0.4, -0.2) is 28.5 Å². The molecule has 2 heterocycles. The van der Waals surface area contributed by atoms with Crippen LogP contribution < -0.4 is 10.2 Å². The minimum atomic E-state index is -0.424. The maximum absolute atomic E-state index is 13.3. The molecule has 1 aliphatic heterocycles. The summed E-state index contributed by atoms with van der Waals surface area (Å²) in [6.07, 6.45) is 0. The molecule has 0 saturated heterocycles. The Kier molecular flexibility index (Phi) is 7.90. The molecule has 1 aromatic heterocycles. The molecule has 6 nitrogen and oxygen atoms in total. The van der Waals surface area contributed by atoms with E-state index >= 15 is 0 Å². The maximum Gasteiger partial charge on any atom is 0.267 e. The van der Waals surface area contributed by atoms with Crippen LogP contribution in [0.15, 0.2) is 58.6 Å². The van der Waals surface area contributed by atoms with Gasteiger partial charge in [-0.3, -0.25) is 14.4 Å². The van der Waals surface area contributed by atoms with Crippen LogP contribution in [-0.2, 0) is 4.79 Å². The Morgan fingerprint density at radius 2 is 1.65 bits per heavy atom. The van der Waals surface area contributed by atoms with Crippen LogP contribution in [0, 0.1) is 6.92 Å². The Morgan fingerprint density at radius 1 is 1.00 bits per heavy atom. The van der Waals surface area contributed by atoms with E-state index in [9.17, 15) is 14.4 Å². The summed E-state index contributed by atoms with van der Waals surface area (Å²) < 4.78 is 3.77. The van der Waals surface area contributed by atoms with Crippen LogP contribution in [0.3, 0.4) is 0 Å². The van der Waals surface area contributed by atoms with Crippen molar-refractivity contribution in [3.8, 4) is 0 Å². The Bertz CT molecular complexity index is 1610. The molecule has 1 aliphatic rings. The number of benzene rings is 3. The van der Waals surface area contributed by atoms with Crippen LogP contribution >= 0.6 is 98.4 Å². The predicted octanol–water partition coefficient (Wildman–Crippen LogP) is 8.84. The molecule has 3 aromatic carbocycles. The van der Waals surface area contributed by atoms with Gasteiger partial charge in [-0.2, -0.15) is 0 Å². The Morgan fingerprint density at radius 3 is 2.30 bits per heavy atom. The average molecular weight is 810 g/mol. The first-order valence-corrected chi connectivity index (χ1v) is 15.8. The molecule has 0 atom stereocenters. The fourth-order valence-corrected chi connectivity index (χ4v) is 8.25. The number of rotatable bonds is 5. The highest BCUT2D eigenvalue weighted by Crippen LogP contribution is 2.46. The Balaban J connectivity index is 1.36. The summed E-state index contributed by atoms with van der Waals surface area (Å²) in [5, 5.41) is 3.42. The molecular formula is C24H12Br4ClN3O3S2. The molecular weight excluding hydrogens is 797 g/mol. The van der Waals surface area contributed by atoms with Crippen molar-refractivity contribution < 1.29 is 14.4 Å². The van der Waals surface area contributed by atoms with Crippen molar-refractivity contribution in [3.63, 3.8) is 0 Å². The SMILES string of the molecule is Cc1ccc(Cl)cc1NC(=O)CSc1nc2ccc(N3C(=O)c4c(Br)c(Br)c(Br)c(Br)c4C3=O)cc2s1. The number of aromatic nitrogens is 1. The van der Waals surface area contributed by atoms with Gasteiger partial charge in [-0.05, 0) is 107 Å². The van der Waals surface area contributed by atoms with Gasteiger partial charge in [0.1, 0.15) is 0 Å². The van der Waals surface area contributed by atoms with Crippen LogP contribution in [0.1, 0.15) is 26.3 Å². The van der Waals surface area contributed by atoms with E-state index in [-0.39, 0.29) is 22.8 Å². The van der Waals surface area contributed by atoms with Gasteiger partial charge < -0.3 is 5.32 Å². The van der Waals surface area contributed by atoms with Gasteiger partial charge in [0, 0.05) is 28.6 Å². The van der Waals surface area contributed by atoms with Crippen molar-refractivity contribution in [1.82, 2.24) is 4.98 Å². The van der Waals surface area contributed by atoms with Crippen molar-refractivity contribution in [1.29, 1.82) is 0 Å². The summed E-state index contributed by atoms with van der Waals surface area (Å²) >= 11 is 22.5. The standard InChI is InChI=1S/C24H12Br4ClN3O3S2/c1-9-2-3-10(29)6-13(9)30-15(33)8-36-24-31-12-5-4-11(7-14(12)37-24)32-22(34)16-17(23(32)35)19(26)21(28)20(27)18(16)25/h2-7H,8H2,1H3,(H,30,33). The first-order valence-electron chi connectivity index (χ1n) is 10.4. The molecule has 37 heavy (non-hydrogen) atoms. The Hall–Kier alpha value is -1.28. The first kappa shape index (κ1) is 27.3. The third-order valence-corrected chi connectivity index (χ3v) is 12.7. The van der Waals surface area contributed by atoms with E-state index < -0.39 is 11.8 Å². The number of halogens is 5. The smallest absolute Gasteiger partial charge is 0.267 e. The second kappa shape index (κ2) is 10.7. The first-order chi connectivity index (χ1) is 17.6. The van der Waals surface area contributed by atoms with Gasteiger partial charge in [0.25, 0.3) is 11.8 Å². The van der Waals surface area contributed by atoms with E-state index in [1.165, 1.54) is 23.1 Å². The normalized spacial score (nSPS) is 13.0. The zero-order chi connectivity index (χ0) is 26.6. The van der Waals surface area contributed by atoms with Crippen molar-refractivity contribution >= 4 is 138 Å². The number of fused-ring (bicyclic) bond motifs is 2. The quantitative estimate of drug-likeness (QED) is 0.0944. The fourth-order valence-electron chi connectivity index (χ4n) is 3.72. The average Bonchev–Trinajstić information content (AvgIpc) is 3.39. The monoisotopic (exact) mass is 805 g/mol. The van der Waals surface area contributed by atoms with E-state index in [4.69, 9.17) is 11.6 Å². The van der Waals surface area contributed by atoms with Gasteiger partial charge in [0.2, 0.25) is 5.91 Å². The number of imide groups is 1. The molecule has 3 amide bonds. The molecule has 0 spiro atoms. The molecule has 0 aliphatic carbocycles. The topological polar surface area (TPSA) is 79.4 Å². The van der Waals surface area contributed by atoms with Crippen LogP contribution in [0.2, 0.25) is 5.02 Å². The van der Waals surface area contributed by atoms with Crippen molar-refractivity contribution in [2.75, 3.05) is 16.0 Å². The molecule has 0 unspecified atom stereocenters. The molecule has 1 N–H and O–H groups in total. The second-order valence-corrected chi connectivity index (χ2v) is 13.7. The van der Waals surface area contributed by atoms with Gasteiger partial charge in [0.15, 0.2) is 4.34 Å². The fraction of sp³-hybridized carbons (Fsp3) is 0.0833. The molecule has 5 rings (SSSR count). The number of amides is 3. The number of nitrogens with one attached hydrogen (secondary N) is 1. The molecule has 0 bridgehead atoms. The zero-order valence-corrected chi connectivity index (χ0v) is 27.2. The minimum Gasteiger partial charge on any atom is -0.325 e. The lowest BCUT2D eigenvalue weighted by molar-refractivity contribution is -0.113. The number of thiazole rings is 1. The third kappa shape index (κ3) is 5.06. The molecule has 0 fully saturated rings.